The first-order valence-corrected chi connectivity index (χ1v) is 16.0. The van der Waals surface area contributed by atoms with Crippen molar-refractivity contribution in [3.05, 3.63) is 41.0 Å². The summed E-state index contributed by atoms with van der Waals surface area (Å²) in [5.74, 6) is -2.51. The highest BCUT2D eigenvalue weighted by Crippen LogP contribution is 2.48. The number of ether oxygens (including phenoxy) is 2. The molecule has 2 aromatic carbocycles. The molecule has 248 valence electrons. The number of nitrogens with two attached hydrogens (primary N) is 1. The Kier molecular flexibility index (Phi) is 7.49. The van der Waals surface area contributed by atoms with Crippen LogP contribution >= 0.6 is 11.3 Å². The number of thiophene rings is 1. The molecule has 47 heavy (non-hydrogen) atoms. The molecule has 4 aromatic rings. The molecule has 7 rings (SSSR count). The summed E-state index contributed by atoms with van der Waals surface area (Å²) in [4.78, 5) is 10.6. The lowest BCUT2D eigenvalue weighted by Gasteiger charge is -2.31. The Balaban J connectivity index is 1.45. The van der Waals surface area contributed by atoms with Crippen molar-refractivity contribution in [1.29, 1.82) is 5.26 Å². The van der Waals surface area contributed by atoms with Gasteiger partial charge in [0.25, 0.3) is 0 Å². The number of benzene rings is 2. The van der Waals surface area contributed by atoms with E-state index < -0.39 is 57.8 Å². The molecule has 2 aromatic heterocycles. The second kappa shape index (κ2) is 11.1. The normalized spacial score (nSPS) is 24.2. The van der Waals surface area contributed by atoms with E-state index in [0.29, 0.717) is 43.3 Å². The fourth-order valence-corrected chi connectivity index (χ4v) is 8.27. The molecule has 3 atom stereocenters. The van der Waals surface area contributed by atoms with Crippen LogP contribution in [0.1, 0.15) is 50.7 Å². The summed E-state index contributed by atoms with van der Waals surface area (Å²) in [7, 11) is 0. The van der Waals surface area contributed by atoms with Gasteiger partial charge in [-0.2, -0.15) is 28.4 Å². The lowest BCUT2D eigenvalue weighted by Crippen LogP contribution is -2.44. The van der Waals surface area contributed by atoms with Crippen LogP contribution in [0.5, 0.6) is 11.9 Å². The van der Waals surface area contributed by atoms with Crippen LogP contribution in [0.2, 0.25) is 0 Å². The van der Waals surface area contributed by atoms with Gasteiger partial charge >= 0.3 is 12.2 Å². The van der Waals surface area contributed by atoms with Gasteiger partial charge in [-0.25, -0.2) is 13.2 Å². The molecule has 0 spiro atoms. The molecular formula is C32H30F6N6O2S. The highest BCUT2D eigenvalue weighted by atomic mass is 32.1. The first kappa shape index (κ1) is 31.7. The van der Waals surface area contributed by atoms with Crippen molar-refractivity contribution >= 4 is 37.3 Å². The SMILES string of the molecule is CC1(C)NCCC1Oc1nc(OCC23CCCN2CC(F)C3)nc2c(F)c(-c3ccc(F)c4sc(N)c(C#N)c34)c(C(F)(F)F)cc12. The van der Waals surface area contributed by atoms with Gasteiger partial charge < -0.3 is 20.5 Å². The number of nitrogens with zero attached hydrogens (tertiary/aromatic N) is 4. The molecule has 0 amide bonds. The molecule has 0 aliphatic carbocycles. The molecule has 0 bridgehead atoms. The van der Waals surface area contributed by atoms with Gasteiger partial charge in [0.2, 0.25) is 5.88 Å². The molecule has 3 fully saturated rings. The van der Waals surface area contributed by atoms with Crippen molar-refractivity contribution in [3.8, 4) is 29.1 Å². The summed E-state index contributed by atoms with van der Waals surface area (Å²) < 4.78 is 103. The summed E-state index contributed by atoms with van der Waals surface area (Å²) in [6.07, 6.45) is -4.42. The lowest BCUT2D eigenvalue weighted by atomic mass is 9.92. The molecule has 3 N–H and O–H groups in total. The molecule has 3 aliphatic heterocycles. The number of aromatic nitrogens is 2. The number of anilines is 1. The van der Waals surface area contributed by atoms with Crippen molar-refractivity contribution in [2.24, 2.45) is 0 Å². The summed E-state index contributed by atoms with van der Waals surface area (Å²) >= 11 is 0.684. The summed E-state index contributed by atoms with van der Waals surface area (Å²) in [6, 6.07) is 4.08. The van der Waals surface area contributed by atoms with Crippen molar-refractivity contribution < 1.29 is 35.8 Å². The largest absolute Gasteiger partial charge is 0.472 e. The minimum atomic E-state index is -5.10. The predicted octanol–water partition coefficient (Wildman–Crippen LogP) is 6.74. The Bertz CT molecular complexity index is 1960. The van der Waals surface area contributed by atoms with Crippen molar-refractivity contribution in [1.82, 2.24) is 20.2 Å². The van der Waals surface area contributed by atoms with E-state index in [2.05, 4.69) is 15.3 Å². The fourth-order valence-electron chi connectivity index (χ4n) is 7.32. The quantitative estimate of drug-likeness (QED) is 0.216. The number of hydrogen-bond donors (Lipinski definition) is 2. The number of fused-ring (bicyclic) bond motifs is 3. The maximum absolute atomic E-state index is 16.9. The third-order valence-electron chi connectivity index (χ3n) is 9.66. The first-order valence-electron chi connectivity index (χ1n) is 15.2. The second-order valence-corrected chi connectivity index (χ2v) is 14.0. The standard InChI is InChI=1S/C32H30F6N6O2S/c1-30(2)21(6-8-41-30)46-28-17-10-19(32(36,37)38)23(16-4-5-20(34)26-22(16)18(12-39)27(40)47-26)24(35)25(17)42-29(43-28)45-14-31-7-3-9-44(31)13-15(33)11-31/h4-5,10,15,21,41H,3,6-9,11,13-14,40H2,1-2H3. The second-order valence-electron chi connectivity index (χ2n) is 13.0. The number of hydrogen-bond acceptors (Lipinski definition) is 9. The monoisotopic (exact) mass is 676 g/mol. The fraction of sp³-hybridized carbons (Fsp3) is 0.469. The van der Waals surface area contributed by atoms with E-state index in [1.165, 1.54) is 0 Å². The number of nitrogen functional groups attached to an aromatic ring is 1. The number of rotatable bonds is 6. The van der Waals surface area contributed by atoms with E-state index in [0.717, 1.165) is 18.6 Å². The molecule has 3 aliphatic rings. The number of halogens is 6. The minimum absolute atomic E-state index is 0.0117. The third-order valence-corrected chi connectivity index (χ3v) is 10.7. The van der Waals surface area contributed by atoms with Crippen molar-refractivity contribution in [2.75, 3.05) is 32.0 Å². The van der Waals surface area contributed by atoms with Gasteiger partial charge in [0.1, 0.15) is 41.3 Å². The van der Waals surface area contributed by atoms with Gasteiger partial charge in [0, 0.05) is 29.5 Å². The van der Waals surface area contributed by atoms with Gasteiger partial charge in [-0.05, 0) is 63.9 Å². The Labute approximate surface area is 269 Å². The summed E-state index contributed by atoms with van der Waals surface area (Å²) in [5, 5.41) is 12.3. The van der Waals surface area contributed by atoms with Gasteiger partial charge in [-0.15, -0.1) is 11.3 Å². The smallest absolute Gasteiger partial charge is 0.417 e. The third kappa shape index (κ3) is 5.21. The van der Waals surface area contributed by atoms with E-state index >= 15 is 4.39 Å². The Hall–Kier alpha value is -3.87. The Morgan fingerprint density at radius 1 is 1.23 bits per heavy atom. The highest BCUT2D eigenvalue weighted by molar-refractivity contribution is 7.23. The molecule has 5 heterocycles. The van der Waals surface area contributed by atoms with Gasteiger partial charge in [-0.3, -0.25) is 4.90 Å². The van der Waals surface area contributed by atoms with Gasteiger partial charge in [-0.1, -0.05) is 6.07 Å². The van der Waals surface area contributed by atoms with E-state index in [9.17, 15) is 27.2 Å². The maximum Gasteiger partial charge on any atom is 0.417 e. The molecule has 0 saturated carbocycles. The van der Waals surface area contributed by atoms with Gasteiger partial charge in [0.05, 0.1) is 26.8 Å². The number of nitriles is 1. The zero-order chi connectivity index (χ0) is 33.5. The maximum atomic E-state index is 16.9. The van der Waals surface area contributed by atoms with Crippen LogP contribution in [0.15, 0.2) is 18.2 Å². The molecule has 15 heteroatoms. The number of alkyl halides is 4. The molecular weight excluding hydrogens is 646 g/mol. The van der Waals surface area contributed by atoms with Crippen LogP contribution < -0.4 is 20.5 Å². The van der Waals surface area contributed by atoms with E-state index in [1.807, 2.05) is 24.8 Å². The lowest BCUT2D eigenvalue weighted by molar-refractivity contribution is -0.137. The van der Waals surface area contributed by atoms with Crippen LogP contribution in [0.25, 0.3) is 32.1 Å². The molecule has 8 nitrogen and oxygen atoms in total. The minimum Gasteiger partial charge on any atom is -0.472 e. The highest BCUT2D eigenvalue weighted by Gasteiger charge is 2.49. The summed E-state index contributed by atoms with van der Waals surface area (Å²) in [6.45, 7) is 5.26. The van der Waals surface area contributed by atoms with Crippen LogP contribution in [0, 0.1) is 23.0 Å². The van der Waals surface area contributed by atoms with Crippen LogP contribution in [0.3, 0.4) is 0 Å². The van der Waals surface area contributed by atoms with Crippen LogP contribution in [-0.2, 0) is 6.18 Å². The van der Waals surface area contributed by atoms with E-state index in [1.54, 1.807) is 0 Å². The van der Waals surface area contributed by atoms with E-state index in [4.69, 9.17) is 15.2 Å². The Morgan fingerprint density at radius 2 is 2.02 bits per heavy atom. The molecule has 0 radical (unpaired) electrons. The predicted molar refractivity (Wildman–Crippen MR) is 164 cm³/mol. The zero-order valence-corrected chi connectivity index (χ0v) is 26.2. The van der Waals surface area contributed by atoms with Gasteiger partial charge in [0.15, 0.2) is 5.82 Å². The summed E-state index contributed by atoms with van der Waals surface area (Å²) in [5.41, 5.74) is 1.26. The number of nitrogens with one attached hydrogen (secondary N) is 1. The molecule has 3 unspecified atom stereocenters. The van der Waals surface area contributed by atoms with Crippen LogP contribution in [-0.4, -0.2) is 64.5 Å². The van der Waals surface area contributed by atoms with Crippen LogP contribution in [0.4, 0.5) is 31.3 Å². The molecule has 3 saturated heterocycles. The average Bonchev–Trinajstić information content (AvgIpc) is 3.73. The topological polar surface area (TPSA) is 109 Å². The van der Waals surface area contributed by atoms with Crippen molar-refractivity contribution in [3.63, 3.8) is 0 Å². The van der Waals surface area contributed by atoms with E-state index in [-0.39, 0.29) is 63.1 Å². The zero-order valence-electron chi connectivity index (χ0n) is 25.4. The average molecular weight is 677 g/mol. The van der Waals surface area contributed by atoms with Crippen molar-refractivity contribution in [2.45, 2.75) is 69.1 Å². The first-order chi connectivity index (χ1) is 22.2. The Morgan fingerprint density at radius 3 is 2.72 bits per heavy atom.